The number of hydrogen-bond acceptors (Lipinski definition) is 3. The van der Waals surface area contributed by atoms with Crippen LogP contribution in [0.3, 0.4) is 0 Å². The molecule has 1 heterocycles. The van der Waals surface area contributed by atoms with E-state index in [9.17, 15) is 4.79 Å². The summed E-state index contributed by atoms with van der Waals surface area (Å²) in [5.74, 6) is 1.86. The molecule has 5 heteroatoms. The number of anilines is 1. The van der Waals surface area contributed by atoms with E-state index in [4.69, 9.17) is 11.6 Å². The van der Waals surface area contributed by atoms with E-state index in [1.54, 1.807) is 0 Å². The summed E-state index contributed by atoms with van der Waals surface area (Å²) in [6.45, 7) is 4.51. The number of nitrogens with zero attached hydrogens (tertiary/aromatic N) is 1. The first kappa shape index (κ1) is 12.4. The maximum Gasteiger partial charge on any atom is 0.271 e. The first-order valence-electron chi connectivity index (χ1n) is 6.07. The molecule has 3 atom stereocenters. The summed E-state index contributed by atoms with van der Waals surface area (Å²) < 4.78 is 0. The van der Waals surface area contributed by atoms with Crippen molar-refractivity contribution in [1.82, 2.24) is 9.97 Å². The number of aromatic amines is 1. The van der Waals surface area contributed by atoms with Crippen LogP contribution >= 0.6 is 11.6 Å². The van der Waals surface area contributed by atoms with Crippen molar-refractivity contribution in [1.29, 1.82) is 0 Å². The van der Waals surface area contributed by atoms with Gasteiger partial charge < -0.3 is 10.3 Å². The lowest BCUT2D eigenvalue weighted by Gasteiger charge is -2.33. The zero-order valence-electron chi connectivity index (χ0n) is 10.2. The van der Waals surface area contributed by atoms with Crippen LogP contribution in [0, 0.1) is 11.8 Å². The standard InChI is InChI=1S/C12H18ClN3O/c1-7-3-4-9(8(2)5-7)16-11-10(13)12(17)15-6-14-11/h6-9H,3-5H2,1-2H3,(H2,14,15,16,17). The highest BCUT2D eigenvalue weighted by atomic mass is 35.5. The zero-order valence-corrected chi connectivity index (χ0v) is 10.9. The lowest BCUT2D eigenvalue weighted by atomic mass is 9.80. The van der Waals surface area contributed by atoms with Crippen LogP contribution in [0.15, 0.2) is 11.1 Å². The Morgan fingerprint density at radius 1 is 1.47 bits per heavy atom. The summed E-state index contributed by atoms with van der Waals surface area (Å²) in [7, 11) is 0. The van der Waals surface area contributed by atoms with Gasteiger partial charge in [-0.25, -0.2) is 4.98 Å². The van der Waals surface area contributed by atoms with Crippen LogP contribution in [0.5, 0.6) is 0 Å². The highest BCUT2D eigenvalue weighted by Gasteiger charge is 2.26. The van der Waals surface area contributed by atoms with E-state index in [-0.39, 0.29) is 10.6 Å². The van der Waals surface area contributed by atoms with E-state index < -0.39 is 0 Å². The Labute approximate surface area is 106 Å². The second-order valence-electron chi connectivity index (χ2n) is 5.04. The molecule has 1 saturated carbocycles. The Balaban J connectivity index is 2.10. The van der Waals surface area contributed by atoms with Gasteiger partial charge in [-0.1, -0.05) is 25.4 Å². The average molecular weight is 256 g/mol. The number of rotatable bonds is 2. The summed E-state index contributed by atoms with van der Waals surface area (Å²) in [6.07, 6.45) is 4.90. The third-order valence-corrected chi connectivity index (χ3v) is 3.90. The van der Waals surface area contributed by atoms with Crippen LogP contribution in [0.1, 0.15) is 33.1 Å². The second kappa shape index (κ2) is 5.08. The molecule has 1 aliphatic rings. The predicted octanol–water partition coefficient (Wildman–Crippen LogP) is 2.66. The van der Waals surface area contributed by atoms with E-state index >= 15 is 0 Å². The number of nitrogens with one attached hydrogen (secondary N) is 2. The molecule has 17 heavy (non-hydrogen) atoms. The predicted molar refractivity (Wildman–Crippen MR) is 69.5 cm³/mol. The molecule has 94 valence electrons. The molecule has 4 nitrogen and oxygen atoms in total. The van der Waals surface area contributed by atoms with Gasteiger partial charge in [0.25, 0.3) is 5.56 Å². The van der Waals surface area contributed by atoms with Crippen LogP contribution in [-0.2, 0) is 0 Å². The smallest absolute Gasteiger partial charge is 0.271 e. The second-order valence-corrected chi connectivity index (χ2v) is 5.42. The number of aromatic nitrogens is 2. The van der Waals surface area contributed by atoms with Gasteiger partial charge in [-0.2, -0.15) is 0 Å². The van der Waals surface area contributed by atoms with Crippen LogP contribution in [0.4, 0.5) is 5.82 Å². The Morgan fingerprint density at radius 3 is 2.94 bits per heavy atom. The van der Waals surface area contributed by atoms with Gasteiger partial charge in [0.1, 0.15) is 5.02 Å². The SMILES string of the molecule is CC1CCC(Nc2nc[nH]c(=O)c2Cl)C(C)C1. The maximum absolute atomic E-state index is 11.3. The van der Waals surface area contributed by atoms with Crippen LogP contribution < -0.4 is 10.9 Å². The van der Waals surface area contributed by atoms with Crippen molar-refractivity contribution in [2.75, 3.05) is 5.32 Å². The van der Waals surface area contributed by atoms with Gasteiger partial charge in [-0.15, -0.1) is 0 Å². The van der Waals surface area contributed by atoms with Crippen molar-refractivity contribution < 1.29 is 0 Å². The van der Waals surface area contributed by atoms with Crippen molar-refractivity contribution in [3.63, 3.8) is 0 Å². The van der Waals surface area contributed by atoms with Crippen LogP contribution in [0.25, 0.3) is 0 Å². The largest absolute Gasteiger partial charge is 0.366 e. The van der Waals surface area contributed by atoms with Gasteiger partial charge in [-0.3, -0.25) is 4.79 Å². The third kappa shape index (κ3) is 2.80. The summed E-state index contributed by atoms with van der Waals surface area (Å²) in [6, 6.07) is 0.359. The van der Waals surface area contributed by atoms with Crippen molar-refractivity contribution in [3.8, 4) is 0 Å². The molecule has 0 radical (unpaired) electrons. The van der Waals surface area contributed by atoms with Crippen LogP contribution in [-0.4, -0.2) is 16.0 Å². The Kier molecular flexibility index (Phi) is 3.72. The van der Waals surface area contributed by atoms with Crippen LogP contribution in [0.2, 0.25) is 5.02 Å². The summed E-state index contributed by atoms with van der Waals surface area (Å²) in [5.41, 5.74) is -0.291. The molecule has 1 aliphatic carbocycles. The van der Waals surface area contributed by atoms with Gasteiger partial charge in [-0.05, 0) is 31.1 Å². The van der Waals surface area contributed by atoms with E-state index in [1.807, 2.05) is 0 Å². The number of halogens is 1. The summed E-state index contributed by atoms with van der Waals surface area (Å²) >= 11 is 5.92. The molecule has 1 fully saturated rings. The molecule has 3 unspecified atom stereocenters. The number of H-pyrrole nitrogens is 1. The highest BCUT2D eigenvalue weighted by molar-refractivity contribution is 6.32. The van der Waals surface area contributed by atoms with Crippen molar-refractivity contribution in [2.45, 2.75) is 39.2 Å². The van der Waals surface area contributed by atoms with E-state index in [0.29, 0.717) is 17.8 Å². The molecule has 0 amide bonds. The van der Waals surface area contributed by atoms with Crippen molar-refractivity contribution in [3.05, 3.63) is 21.7 Å². The first-order chi connectivity index (χ1) is 8.08. The summed E-state index contributed by atoms with van der Waals surface area (Å²) in [4.78, 5) is 17.9. The van der Waals surface area contributed by atoms with Gasteiger partial charge in [0.05, 0.1) is 6.33 Å². The normalized spacial score (nSPS) is 29.0. The van der Waals surface area contributed by atoms with Crippen molar-refractivity contribution >= 4 is 17.4 Å². The lowest BCUT2D eigenvalue weighted by Crippen LogP contribution is -2.33. The fourth-order valence-corrected chi connectivity index (χ4v) is 2.70. The minimum Gasteiger partial charge on any atom is -0.366 e. The highest BCUT2D eigenvalue weighted by Crippen LogP contribution is 2.31. The monoisotopic (exact) mass is 255 g/mol. The van der Waals surface area contributed by atoms with E-state index in [2.05, 4.69) is 29.1 Å². The molecule has 0 saturated heterocycles. The Morgan fingerprint density at radius 2 is 2.24 bits per heavy atom. The van der Waals surface area contributed by atoms with E-state index in [1.165, 1.54) is 19.2 Å². The Hall–Kier alpha value is -1.03. The van der Waals surface area contributed by atoms with Gasteiger partial charge in [0, 0.05) is 6.04 Å². The number of hydrogen-bond donors (Lipinski definition) is 2. The molecule has 2 rings (SSSR count). The Bertz CT molecular complexity index is 446. The molecule has 0 bridgehead atoms. The fraction of sp³-hybridized carbons (Fsp3) is 0.667. The molecule has 0 aromatic carbocycles. The molecule has 0 aliphatic heterocycles. The van der Waals surface area contributed by atoms with Gasteiger partial charge >= 0.3 is 0 Å². The zero-order chi connectivity index (χ0) is 12.4. The third-order valence-electron chi connectivity index (χ3n) is 3.55. The molecular weight excluding hydrogens is 238 g/mol. The molecule has 1 aromatic heterocycles. The minimum absolute atomic E-state index is 0.151. The minimum atomic E-state index is -0.291. The topological polar surface area (TPSA) is 57.8 Å². The molecule has 0 spiro atoms. The van der Waals surface area contributed by atoms with Gasteiger partial charge in [0.2, 0.25) is 0 Å². The maximum atomic E-state index is 11.3. The summed E-state index contributed by atoms with van der Waals surface area (Å²) in [5, 5.41) is 3.45. The molecular formula is C12H18ClN3O. The van der Waals surface area contributed by atoms with E-state index in [0.717, 1.165) is 12.3 Å². The molecule has 2 N–H and O–H groups in total. The lowest BCUT2D eigenvalue weighted by molar-refractivity contribution is 0.276. The van der Waals surface area contributed by atoms with Crippen molar-refractivity contribution in [2.24, 2.45) is 11.8 Å². The fourth-order valence-electron chi connectivity index (χ4n) is 2.54. The van der Waals surface area contributed by atoms with Gasteiger partial charge in [0.15, 0.2) is 5.82 Å². The quantitative estimate of drug-likeness (QED) is 0.854. The average Bonchev–Trinajstić information content (AvgIpc) is 2.28. The first-order valence-corrected chi connectivity index (χ1v) is 6.45. The molecule has 1 aromatic rings.